The van der Waals surface area contributed by atoms with Gasteiger partial charge in [0.05, 0.1) is 30.7 Å². The average molecular weight is 364 g/mol. The van der Waals surface area contributed by atoms with Gasteiger partial charge in [0.2, 0.25) is 0 Å². The molecule has 0 radical (unpaired) electrons. The highest BCUT2D eigenvalue weighted by Crippen LogP contribution is 2.33. The topological polar surface area (TPSA) is 90.6 Å². The van der Waals surface area contributed by atoms with Crippen LogP contribution < -0.4 is 5.73 Å². The molecule has 0 aromatic carbocycles. The van der Waals surface area contributed by atoms with Gasteiger partial charge in [0.1, 0.15) is 21.3 Å². The van der Waals surface area contributed by atoms with E-state index in [-0.39, 0.29) is 18.2 Å². The van der Waals surface area contributed by atoms with Crippen molar-refractivity contribution in [3.63, 3.8) is 0 Å². The minimum absolute atomic E-state index is 0.184. The number of esters is 1. The molecule has 136 valence electrons. The predicted octanol–water partition coefficient (Wildman–Crippen LogP) is 2.37. The van der Waals surface area contributed by atoms with Gasteiger partial charge >= 0.3 is 5.97 Å². The van der Waals surface area contributed by atoms with Crippen molar-refractivity contribution in [1.29, 1.82) is 0 Å². The second kappa shape index (κ2) is 7.23. The lowest BCUT2D eigenvalue weighted by molar-refractivity contribution is -0.0710. The van der Waals surface area contributed by atoms with Gasteiger partial charge in [0, 0.05) is 13.1 Å². The summed E-state index contributed by atoms with van der Waals surface area (Å²) in [6, 6.07) is 0. The average Bonchev–Trinajstić information content (AvgIpc) is 2.83. The van der Waals surface area contributed by atoms with Gasteiger partial charge in [-0.25, -0.2) is 14.8 Å². The van der Waals surface area contributed by atoms with Gasteiger partial charge in [-0.3, -0.25) is 4.90 Å². The van der Waals surface area contributed by atoms with Crippen molar-refractivity contribution in [2.45, 2.75) is 46.4 Å². The van der Waals surface area contributed by atoms with E-state index in [0.29, 0.717) is 29.7 Å². The number of aryl methyl sites for hydroxylation is 1. The number of anilines is 1. The van der Waals surface area contributed by atoms with Crippen LogP contribution in [0.4, 0.5) is 5.82 Å². The molecule has 0 aliphatic carbocycles. The molecule has 0 saturated carbocycles. The molecule has 0 bridgehead atoms. The number of hydrogen-bond acceptors (Lipinski definition) is 8. The van der Waals surface area contributed by atoms with Crippen molar-refractivity contribution in [1.82, 2.24) is 14.9 Å². The van der Waals surface area contributed by atoms with Crippen molar-refractivity contribution < 1.29 is 14.3 Å². The number of thiophene rings is 1. The summed E-state index contributed by atoms with van der Waals surface area (Å²) in [5.74, 6) is 0.751. The lowest BCUT2D eigenvalue weighted by Crippen LogP contribution is -2.45. The Bertz CT molecular complexity index is 782. The molecule has 1 aliphatic heterocycles. The summed E-state index contributed by atoms with van der Waals surface area (Å²) in [7, 11) is 0. The van der Waals surface area contributed by atoms with Crippen LogP contribution in [-0.4, -0.2) is 52.7 Å². The number of nitrogen functional groups attached to an aromatic ring is 1. The minimum atomic E-state index is -0.334. The van der Waals surface area contributed by atoms with Crippen molar-refractivity contribution in [3.05, 3.63) is 16.3 Å². The Balaban J connectivity index is 1.89. The summed E-state index contributed by atoms with van der Waals surface area (Å²) in [5.41, 5.74) is 6.95. The van der Waals surface area contributed by atoms with Crippen LogP contribution >= 0.6 is 11.3 Å². The SMILES string of the molecule is CCOC(=O)c1sc2nc(CN3C[C@@H](C)O[C@H](C)C3)nc(N)c2c1C. The Labute approximate surface area is 151 Å². The smallest absolute Gasteiger partial charge is 0.348 e. The minimum Gasteiger partial charge on any atom is -0.462 e. The van der Waals surface area contributed by atoms with E-state index in [0.717, 1.165) is 28.9 Å². The number of aromatic nitrogens is 2. The summed E-state index contributed by atoms with van der Waals surface area (Å²) in [5, 5.41) is 0.750. The van der Waals surface area contributed by atoms with Crippen molar-refractivity contribution in [3.8, 4) is 0 Å². The summed E-state index contributed by atoms with van der Waals surface area (Å²) in [4.78, 5) is 24.8. The fourth-order valence-electron chi connectivity index (χ4n) is 3.29. The first-order valence-corrected chi connectivity index (χ1v) is 9.31. The number of ether oxygens (including phenoxy) is 2. The fraction of sp³-hybridized carbons (Fsp3) is 0.588. The summed E-state index contributed by atoms with van der Waals surface area (Å²) in [6.45, 7) is 10.4. The van der Waals surface area contributed by atoms with Crippen molar-refractivity contribution >= 4 is 33.3 Å². The number of nitrogens with two attached hydrogens (primary N) is 1. The molecule has 7 nitrogen and oxygen atoms in total. The highest BCUT2D eigenvalue weighted by Gasteiger charge is 2.24. The first-order valence-electron chi connectivity index (χ1n) is 8.49. The van der Waals surface area contributed by atoms with E-state index in [1.807, 2.05) is 6.92 Å². The van der Waals surface area contributed by atoms with E-state index in [1.165, 1.54) is 11.3 Å². The number of morpholine rings is 1. The van der Waals surface area contributed by atoms with E-state index in [9.17, 15) is 4.79 Å². The zero-order valence-corrected chi connectivity index (χ0v) is 15.9. The maximum atomic E-state index is 12.1. The molecular formula is C17H24N4O3S. The quantitative estimate of drug-likeness (QED) is 0.833. The predicted molar refractivity (Wildman–Crippen MR) is 97.8 cm³/mol. The third-order valence-electron chi connectivity index (χ3n) is 4.19. The van der Waals surface area contributed by atoms with Crippen molar-refractivity contribution in [2.24, 2.45) is 0 Å². The highest BCUT2D eigenvalue weighted by atomic mass is 32.1. The third kappa shape index (κ3) is 3.75. The molecule has 2 aromatic heterocycles. The van der Waals surface area contributed by atoms with Gasteiger partial charge in [0.25, 0.3) is 0 Å². The highest BCUT2D eigenvalue weighted by molar-refractivity contribution is 7.20. The first-order chi connectivity index (χ1) is 11.9. The Kier molecular flexibility index (Phi) is 5.21. The van der Waals surface area contributed by atoms with E-state index >= 15 is 0 Å². The Morgan fingerprint density at radius 2 is 2.04 bits per heavy atom. The van der Waals surface area contributed by atoms with E-state index in [2.05, 4.69) is 28.7 Å². The number of rotatable bonds is 4. The molecule has 3 rings (SSSR count). The van der Waals surface area contributed by atoms with Crippen LogP contribution in [0.5, 0.6) is 0 Å². The number of carbonyl (C=O) groups is 1. The van der Waals surface area contributed by atoms with E-state index < -0.39 is 0 Å². The second-order valence-electron chi connectivity index (χ2n) is 6.43. The van der Waals surface area contributed by atoms with Crippen LogP contribution in [0.25, 0.3) is 10.2 Å². The Morgan fingerprint density at radius 1 is 1.36 bits per heavy atom. The molecular weight excluding hydrogens is 340 g/mol. The molecule has 8 heteroatoms. The maximum Gasteiger partial charge on any atom is 0.348 e. The number of fused-ring (bicyclic) bond motifs is 1. The van der Waals surface area contributed by atoms with Gasteiger partial charge in [-0.15, -0.1) is 11.3 Å². The van der Waals surface area contributed by atoms with Crippen LogP contribution in [0.1, 0.15) is 41.8 Å². The fourth-order valence-corrected chi connectivity index (χ4v) is 4.39. The molecule has 1 aliphatic rings. The Morgan fingerprint density at radius 3 is 2.68 bits per heavy atom. The zero-order chi connectivity index (χ0) is 18.1. The van der Waals surface area contributed by atoms with Gasteiger partial charge in [-0.05, 0) is 33.3 Å². The molecule has 0 unspecified atom stereocenters. The van der Waals surface area contributed by atoms with Gasteiger partial charge < -0.3 is 15.2 Å². The van der Waals surface area contributed by atoms with Crippen molar-refractivity contribution in [2.75, 3.05) is 25.4 Å². The molecule has 0 spiro atoms. The number of nitrogens with zero attached hydrogens (tertiary/aromatic N) is 3. The molecule has 2 N–H and O–H groups in total. The van der Waals surface area contributed by atoms with E-state index in [4.69, 9.17) is 15.2 Å². The lowest BCUT2D eigenvalue weighted by Gasteiger charge is -2.34. The molecule has 2 aromatic rings. The van der Waals surface area contributed by atoms with Crippen LogP contribution in [0.2, 0.25) is 0 Å². The molecule has 25 heavy (non-hydrogen) atoms. The molecule has 1 saturated heterocycles. The normalized spacial score (nSPS) is 21.6. The van der Waals surface area contributed by atoms with Crippen LogP contribution in [0, 0.1) is 6.92 Å². The van der Waals surface area contributed by atoms with Gasteiger partial charge in [-0.1, -0.05) is 0 Å². The summed E-state index contributed by atoms with van der Waals surface area (Å²) in [6.07, 6.45) is 0.369. The van der Waals surface area contributed by atoms with Gasteiger partial charge in [0.15, 0.2) is 0 Å². The summed E-state index contributed by atoms with van der Waals surface area (Å²) >= 11 is 1.31. The number of hydrogen-bond donors (Lipinski definition) is 1. The lowest BCUT2D eigenvalue weighted by atomic mass is 10.2. The second-order valence-corrected chi connectivity index (χ2v) is 7.43. The third-order valence-corrected chi connectivity index (χ3v) is 5.35. The standard InChI is InChI=1S/C17H24N4O3S/c1-5-23-17(22)14-11(4)13-15(18)19-12(20-16(13)25-14)8-21-6-9(2)24-10(3)7-21/h9-10H,5-8H2,1-4H3,(H2,18,19,20)/t9-,10-/m1/s1. The molecule has 2 atom stereocenters. The first kappa shape index (κ1) is 18.0. The monoisotopic (exact) mass is 364 g/mol. The zero-order valence-electron chi connectivity index (χ0n) is 15.0. The largest absolute Gasteiger partial charge is 0.462 e. The summed E-state index contributed by atoms with van der Waals surface area (Å²) < 4.78 is 10.9. The molecule has 1 fully saturated rings. The maximum absolute atomic E-state index is 12.1. The van der Waals surface area contributed by atoms with E-state index in [1.54, 1.807) is 6.92 Å². The Hall–Kier alpha value is -1.77. The number of carbonyl (C=O) groups excluding carboxylic acids is 1. The molecule has 3 heterocycles. The van der Waals surface area contributed by atoms with Crippen LogP contribution in [0.15, 0.2) is 0 Å². The molecule has 0 amide bonds. The van der Waals surface area contributed by atoms with Gasteiger partial charge in [-0.2, -0.15) is 0 Å². The van der Waals surface area contributed by atoms with Crippen LogP contribution in [-0.2, 0) is 16.0 Å². The van der Waals surface area contributed by atoms with Crippen LogP contribution in [0.3, 0.4) is 0 Å².